The molecule has 1 aromatic heterocycles. The Morgan fingerprint density at radius 2 is 2.00 bits per heavy atom. The predicted octanol–water partition coefficient (Wildman–Crippen LogP) is 2.40. The minimum absolute atomic E-state index is 0.0274. The number of ketones is 1. The number of esters is 1. The summed E-state index contributed by atoms with van der Waals surface area (Å²) in [6.07, 6.45) is 0. The summed E-state index contributed by atoms with van der Waals surface area (Å²) in [5.41, 5.74) is 5.73. The van der Waals surface area contributed by atoms with Crippen molar-refractivity contribution in [2.75, 3.05) is 12.3 Å². The molecule has 1 aromatic carbocycles. The lowest BCUT2D eigenvalue weighted by atomic mass is 10.1. The van der Waals surface area contributed by atoms with Crippen LogP contribution in [0.2, 0.25) is 0 Å². The summed E-state index contributed by atoms with van der Waals surface area (Å²) >= 11 is 0.869. The molecule has 0 spiro atoms. The van der Waals surface area contributed by atoms with Crippen molar-refractivity contribution in [1.29, 1.82) is 0 Å². The molecule has 0 aliphatic carbocycles. The summed E-state index contributed by atoms with van der Waals surface area (Å²) in [5, 5.41) is 0.112. The van der Waals surface area contributed by atoms with E-state index in [-0.39, 0.29) is 27.6 Å². The molecule has 1 heterocycles. The molecule has 2 N–H and O–H groups in total. The van der Waals surface area contributed by atoms with Gasteiger partial charge in [0.25, 0.3) is 0 Å². The molecule has 0 aliphatic rings. The lowest BCUT2D eigenvalue weighted by Crippen LogP contribution is -2.05. The van der Waals surface area contributed by atoms with Gasteiger partial charge in [0.05, 0.1) is 21.9 Å². The van der Waals surface area contributed by atoms with Crippen molar-refractivity contribution in [3.05, 3.63) is 46.3 Å². The van der Waals surface area contributed by atoms with Crippen LogP contribution < -0.4 is 5.73 Å². The molecule has 0 saturated heterocycles. The molecule has 0 radical (unpaired) electrons. The Morgan fingerprint density at radius 3 is 2.61 bits per heavy atom. The molecule has 23 heavy (non-hydrogen) atoms. The molecule has 6 nitrogen and oxygen atoms in total. The second-order valence-corrected chi connectivity index (χ2v) is 6.83. The maximum absolute atomic E-state index is 13.0. The number of hydrogen-bond donors (Lipinski definition) is 1. The first-order chi connectivity index (χ1) is 10.7. The molecule has 0 bridgehead atoms. The molecule has 122 valence electrons. The summed E-state index contributed by atoms with van der Waals surface area (Å²) in [6, 6.07) is 5.84. The van der Waals surface area contributed by atoms with Crippen molar-refractivity contribution in [3.63, 3.8) is 0 Å². The van der Waals surface area contributed by atoms with E-state index in [9.17, 15) is 21.9 Å². The fourth-order valence-corrected chi connectivity index (χ4v) is 3.20. The van der Waals surface area contributed by atoms with E-state index in [1.807, 2.05) is 0 Å². The third-order valence-electron chi connectivity index (χ3n) is 2.86. The number of rotatable bonds is 5. The van der Waals surface area contributed by atoms with Crippen LogP contribution in [0.1, 0.15) is 32.5 Å². The van der Waals surface area contributed by atoms with Gasteiger partial charge in [-0.15, -0.1) is 15.2 Å². The molecule has 9 heteroatoms. The molecule has 0 saturated carbocycles. The maximum Gasteiger partial charge on any atom is 0.341 e. The van der Waals surface area contributed by atoms with Crippen molar-refractivity contribution in [3.8, 4) is 0 Å². The molecule has 2 aromatic rings. The lowest BCUT2D eigenvalue weighted by Gasteiger charge is -2.00. The van der Waals surface area contributed by atoms with Gasteiger partial charge in [-0.25, -0.2) is 4.79 Å². The molecule has 0 atom stereocenters. The van der Waals surface area contributed by atoms with Gasteiger partial charge < -0.3 is 10.5 Å². The Hall–Kier alpha value is -2.26. The number of anilines is 1. The normalized spacial score (nSPS) is 11.2. The molecule has 2 rings (SSSR count). The van der Waals surface area contributed by atoms with Gasteiger partial charge in [0.1, 0.15) is 5.00 Å². The van der Waals surface area contributed by atoms with E-state index < -0.39 is 26.9 Å². The summed E-state index contributed by atoms with van der Waals surface area (Å²) in [7, 11) is -4.91. The molecule has 0 aliphatic heterocycles. The fourth-order valence-electron chi connectivity index (χ4n) is 1.82. The van der Waals surface area contributed by atoms with Gasteiger partial charge in [-0.05, 0) is 25.1 Å². The minimum atomic E-state index is -4.91. The molecule has 0 fully saturated rings. The van der Waals surface area contributed by atoms with E-state index in [1.165, 1.54) is 18.2 Å². The Morgan fingerprint density at radius 1 is 1.30 bits per heavy atom. The zero-order valence-corrected chi connectivity index (χ0v) is 13.5. The number of hydrogen-bond acceptors (Lipinski definition) is 7. The van der Waals surface area contributed by atoms with Gasteiger partial charge in [0, 0.05) is 5.56 Å². The molecule has 0 amide bonds. The Kier molecular flexibility index (Phi) is 4.81. The summed E-state index contributed by atoms with van der Waals surface area (Å²) in [6.45, 7) is 1.79. The summed E-state index contributed by atoms with van der Waals surface area (Å²) in [4.78, 5) is 23.6. The first-order valence-electron chi connectivity index (χ1n) is 6.40. The van der Waals surface area contributed by atoms with Gasteiger partial charge in [0.2, 0.25) is 5.78 Å². The highest BCUT2D eigenvalue weighted by atomic mass is 32.3. The van der Waals surface area contributed by atoms with Crippen molar-refractivity contribution < 1.29 is 26.6 Å². The minimum Gasteiger partial charge on any atom is -0.462 e. The Bertz CT molecular complexity index is 873. The van der Waals surface area contributed by atoms with E-state index in [2.05, 4.69) is 0 Å². The summed E-state index contributed by atoms with van der Waals surface area (Å²) in [5.74, 6) is -1.22. The van der Waals surface area contributed by atoms with Crippen molar-refractivity contribution in [1.82, 2.24) is 0 Å². The maximum atomic E-state index is 13.0. The molecular formula is C14H12FNO5S2. The topological polar surface area (TPSA) is 104 Å². The SMILES string of the molecule is CCOC(=O)c1cc(C(=O)c2cccc(S(=O)(=O)F)c2)sc1N. The first kappa shape index (κ1) is 17.1. The number of nitrogen functional groups attached to an aromatic ring is 1. The number of benzene rings is 1. The van der Waals surface area contributed by atoms with Crippen LogP contribution >= 0.6 is 11.3 Å². The predicted molar refractivity (Wildman–Crippen MR) is 82.9 cm³/mol. The van der Waals surface area contributed by atoms with Crippen LogP contribution in [0.3, 0.4) is 0 Å². The third-order valence-corrected chi connectivity index (χ3v) is 4.64. The van der Waals surface area contributed by atoms with E-state index >= 15 is 0 Å². The lowest BCUT2D eigenvalue weighted by molar-refractivity contribution is 0.0528. The fraction of sp³-hybridized carbons (Fsp3) is 0.143. The van der Waals surface area contributed by atoms with E-state index in [1.54, 1.807) is 6.92 Å². The second kappa shape index (κ2) is 6.47. The third kappa shape index (κ3) is 3.74. The van der Waals surface area contributed by atoms with Crippen LogP contribution in [0.4, 0.5) is 8.89 Å². The van der Waals surface area contributed by atoms with Crippen molar-refractivity contribution in [2.24, 2.45) is 0 Å². The highest BCUT2D eigenvalue weighted by Crippen LogP contribution is 2.28. The second-order valence-electron chi connectivity index (χ2n) is 4.40. The van der Waals surface area contributed by atoms with Crippen LogP contribution in [-0.4, -0.2) is 26.8 Å². The number of carbonyl (C=O) groups is 2. The van der Waals surface area contributed by atoms with E-state index in [0.717, 1.165) is 23.5 Å². The average molecular weight is 357 g/mol. The number of thiophene rings is 1. The van der Waals surface area contributed by atoms with Crippen LogP contribution in [0, 0.1) is 0 Å². The first-order valence-corrected chi connectivity index (χ1v) is 8.60. The smallest absolute Gasteiger partial charge is 0.341 e. The highest BCUT2D eigenvalue weighted by molar-refractivity contribution is 7.86. The number of carbonyl (C=O) groups excluding carboxylic acids is 2. The average Bonchev–Trinajstić information content (AvgIpc) is 2.88. The highest BCUT2D eigenvalue weighted by Gasteiger charge is 2.21. The number of halogens is 1. The zero-order chi connectivity index (χ0) is 17.2. The van der Waals surface area contributed by atoms with E-state index in [4.69, 9.17) is 10.5 Å². The van der Waals surface area contributed by atoms with Gasteiger partial charge >= 0.3 is 16.2 Å². The monoisotopic (exact) mass is 357 g/mol. The zero-order valence-electron chi connectivity index (χ0n) is 11.9. The number of nitrogens with two attached hydrogens (primary N) is 1. The van der Waals surface area contributed by atoms with Crippen LogP contribution in [-0.2, 0) is 15.0 Å². The van der Waals surface area contributed by atoms with Gasteiger partial charge in [0.15, 0.2) is 0 Å². The Labute approximate surface area is 135 Å². The van der Waals surface area contributed by atoms with Crippen molar-refractivity contribution in [2.45, 2.75) is 11.8 Å². The van der Waals surface area contributed by atoms with E-state index in [0.29, 0.717) is 0 Å². The molecule has 0 unspecified atom stereocenters. The quantitative estimate of drug-likeness (QED) is 0.501. The van der Waals surface area contributed by atoms with Crippen LogP contribution in [0.25, 0.3) is 0 Å². The van der Waals surface area contributed by atoms with Gasteiger partial charge in [-0.3, -0.25) is 4.79 Å². The number of ether oxygens (including phenoxy) is 1. The Balaban J connectivity index is 2.39. The summed E-state index contributed by atoms with van der Waals surface area (Å²) < 4.78 is 39.6. The largest absolute Gasteiger partial charge is 0.462 e. The van der Waals surface area contributed by atoms with Gasteiger partial charge in [-0.1, -0.05) is 12.1 Å². The van der Waals surface area contributed by atoms with Crippen molar-refractivity contribution >= 4 is 38.3 Å². The van der Waals surface area contributed by atoms with Crippen LogP contribution in [0.15, 0.2) is 35.2 Å². The van der Waals surface area contributed by atoms with Gasteiger partial charge in [-0.2, -0.15) is 8.42 Å². The standard InChI is InChI=1S/C14H12FNO5S2/c1-2-21-14(18)10-7-11(22-13(10)16)12(17)8-4-3-5-9(6-8)23(15,19)20/h3-7H,2,16H2,1H3. The van der Waals surface area contributed by atoms with Crippen LogP contribution in [0.5, 0.6) is 0 Å². The molecular weight excluding hydrogens is 345 g/mol.